The lowest BCUT2D eigenvalue weighted by molar-refractivity contribution is -0.00546. The standard InChI is InChI=1S/C21H24N4O2/c1-14-12-25(13-15(2)27-14)20-9-8-19(11-23-20)21(26)24-16(3)18-6-4-17(10-22)5-7-18/h4-9,11,14-16H,12-13H2,1-3H3,(H,24,26)/t14-,15+,16-/m0/s1. The topological polar surface area (TPSA) is 78.3 Å². The van der Waals surface area contributed by atoms with E-state index in [1.54, 1.807) is 24.4 Å². The molecule has 27 heavy (non-hydrogen) atoms. The number of carbonyl (C=O) groups is 1. The highest BCUT2D eigenvalue weighted by atomic mass is 16.5. The number of anilines is 1. The van der Waals surface area contributed by atoms with Crippen LogP contribution < -0.4 is 10.2 Å². The van der Waals surface area contributed by atoms with E-state index in [2.05, 4.69) is 35.1 Å². The number of rotatable bonds is 4. The fourth-order valence-electron chi connectivity index (χ4n) is 3.28. The van der Waals surface area contributed by atoms with Gasteiger partial charge >= 0.3 is 0 Å². The minimum atomic E-state index is -0.172. The van der Waals surface area contributed by atoms with Crippen LogP contribution in [-0.2, 0) is 4.74 Å². The number of hydrogen-bond donors (Lipinski definition) is 1. The molecular formula is C21H24N4O2. The van der Waals surface area contributed by atoms with E-state index in [0.29, 0.717) is 11.1 Å². The molecule has 1 N–H and O–H groups in total. The van der Waals surface area contributed by atoms with E-state index >= 15 is 0 Å². The Morgan fingerprint density at radius 2 is 1.89 bits per heavy atom. The van der Waals surface area contributed by atoms with Gasteiger partial charge in [-0.2, -0.15) is 5.26 Å². The Hall–Kier alpha value is -2.91. The molecule has 0 saturated carbocycles. The maximum Gasteiger partial charge on any atom is 0.253 e. The molecule has 0 aliphatic carbocycles. The number of hydrogen-bond acceptors (Lipinski definition) is 5. The number of benzene rings is 1. The van der Waals surface area contributed by atoms with E-state index in [1.807, 2.05) is 25.1 Å². The largest absolute Gasteiger partial charge is 0.372 e. The van der Waals surface area contributed by atoms with Crippen molar-refractivity contribution < 1.29 is 9.53 Å². The lowest BCUT2D eigenvalue weighted by Crippen LogP contribution is -2.45. The van der Waals surface area contributed by atoms with Crippen molar-refractivity contribution in [2.75, 3.05) is 18.0 Å². The zero-order valence-electron chi connectivity index (χ0n) is 15.8. The lowest BCUT2D eigenvalue weighted by atomic mass is 10.1. The maximum absolute atomic E-state index is 12.5. The molecule has 6 nitrogen and oxygen atoms in total. The monoisotopic (exact) mass is 364 g/mol. The van der Waals surface area contributed by atoms with Gasteiger partial charge in [0, 0.05) is 19.3 Å². The Morgan fingerprint density at radius 1 is 1.22 bits per heavy atom. The quantitative estimate of drug-likeness (QED) is 0.902. The minimum absolute atomic E-state index is 0.159. The summed E-state index contributed by atoms with van der Waals surface area (Å²) in [5.41, 5.74) is 2.07. The molecule has 2 heterocycles. The summed E-state index contributed by atoms with van der Waals surface area (Å²) in [6, 6.07) is 12.8. The van der Waals surface area contributed by atoms with E-state index < -0.39 is 0 Å². The molecule has 140 valence electrons. The summed E-state index contributed by atoms with van der Waals surface area (Å²) in [5, 5.41) is 11.8. The number of morpholine rings is 1. The second-order valence-electron chi connectivity index (χ2n) is 7.00. The van der Waals surface area contributed by atoms with Gasteiger partial charge < -0.3 is 15.0 Å². The van der Waals surface area contributed by atoms with Gasteiger partial charge in [0.05, 0.1) is 35.4 Å². The van der Waals surface area contributed by atoms with Gasteiger partial charge in [-0.25, -0.2) is 4.98 Å². The van der Waals surface area contributed by atoms with Crippen LogP contribution in [-0.4, -0.2) is 36.2 Å². The van der Waals surface area contributed by atoms with Crippen molar-refractivity contribution in [2.24, 2.45) is 0 Å². The number of amides is 1. The molecule has 3 atom stereocenters. The van der Waals surface area contributed by atoms with Gasteiger partial charge in [0.2, 0.25) is 0 Å². The van der Waals surface area contributed by atoms with E-state index in [9.17, 15) is 4.79 Å². The molecule has 1 aliphatic heterocycles. The van der Waals surface area contributed by atoms with Crippen molar-refractivity contribution in [3.63, 3.8) is 0 Å². The molecule has 6 heteroatoms. The van der Waals surface area contributed by atoms with Gasteiger partial charge in [0.15, 0.2) is 0 Å². The Morgan fingerprint density at radius 3 is 2.44 bits per heavy atom. The third-order valence-electron chi connectivity index (χ3n) is 4.64. The first kappa shape index (κ1) is 18.9. The number of ether oxygens (including phenoxy) is 1. The van der Waals surface area contributed by atoms with Crippen LogP contribution in [0.4, 0.5) is 5.82 Å². The van der Waals surface area contributed by atoms with Gasteiger partial charge in [-0.1, -0.05) is 12.1 Å². The number of aromatic nitrogens is 1. The first-order chi connectivity index (χ1) is 13.0. The van der Waals surface area contributed by atoms with E-state index in [4.69, 9.17) is 10.00 Å². The van der Waals surface area contributed by atoms with Crippen molar-refractivity contribution in [3.05, 3.63) is 59.3 Å². The van der Waals surface area contributed by atoms with Crippen molar-refractivity contribution >= 4 is 11.7 Å². The molecule has 1 aromatic heterocycles. The van der Waals surface area contributed by atoms with Crippen molar-refractivity contribution in [1.82, 2.24) is 10.3 Å². The van der Waals surface area contributed by atoms with Crippen LogP contribution in [0, 0.1) is 11.3 Å². The highest BCUT2D eigenvalue weighted by Gasteiger charge is 2.23. The Bertz CT molecular complexity index is 817. The van der Waals surface area contributed by atoms with Crippen LogP contribution in [0.1, 0.15) is 48.3 Å². The molecule has 2 aromatic rings. The maximum atomic E-state index is 12.5. The first-order valence-corrected chi connectivity index (χ1v) is 9.13. The summed E-state index contributed by atoms with van der Waals surface area (Å²) < 4.78 is 5.75. The summed E-state index contributed by atoms with van der Waals surface area (Å²) in [4.78, 5) is 19.2. The smallest absolute Gasteiger partial charge is 0.253 e. The minimum Gasteiger partial charge on any atom is -0.372 e. The third kappa shape index (κ3) is 4.63. The number of nitrogens with zero attached hydrogens (tertiary/aromatic N) is 3. The predicted octanol–water partition coefficient (Wildman–Crippen LogP) is 3.06. The Kier molecular flexibility index (Phi) is 5.72. The van der Waals surface area contributed by atoms with Crippen molar-refractivity contribution in [1.29, 1.82) is 5.26 Å². The van der Waals surface area contributed by atoms with Crippen LogP contribution in [0.15, 0.2) is 42.6 Å². The molecule has 3 rings (SSSR count). The average molecular weight is 364 g/mol. The number of nitriles is 1. The van der Waals surface area contributed by atoms with Crippen LogP contribution >= 0.6 is 0 Å². The molecular weight excluding hydrogens is 340 g/mol. The number of carbonyl (C=O) groups excluding carboxylic acids is 1. The van der Waals surface area contributed by atoms with Crippen LogP contribution in [0.5, 0.6) is 0 Å². The summed E-state index contributed by atoms with van der Waals surface area (Å²) in [5.74, 6) is 0.684. The summed E-state index contributed by atoms with van der Waals surface area (Å²) in [6.07, 6.45) is 1.93. The van der Waals surface area contributed by atoms with Crippen molar-refractivity contribution in [3.8, 4) is 6.07 Å². The highest BCUT2D eigenvalue weighted by molar-refractivity contribution is 5.94. The zero-order chi connectivity index (χ0) is 19.4. The van der Waals surface area contributed by atoms with Crippen molar-refractivity contribution in [2.45, 2.75) is 39.0 Å². The third-order valence-corrected chi connectivity index (χ3v) is 4.64. The molecule has 1 aromatic carbocycles. The van der Waals surface area contributed by atoms with Gasteiger partial charge in [-0.3, -0.25) is 4.79 Å². The molecule has 0 bridgehead atoms. The molecule has 1 aliphatic rings. The summed E-state index contributed by atoms with van der Waals surface area (Å²) >= 11 is 0. The molecule has 1 saturated heterocycles. The number of nitrogens with one attached hydrogen (secondary N) is 1. The van der Waals surface area contributed by atoms with Crippen LogP contribution in [0.2, 0.25) is 0 Å². The first-order valence-electron chi connectivity index (χ1n) is 9.13. The molecule has 1 fully saturated rings. The lowest BCUT2D eigenvalue weighted by Gasteiger charge is -2.36. The SMILES string of the molecule is C[C@@H]1CN(c2ccc(C(=O)N[C@@H](C)c3ccc(C#N)cc3)cn2)C[C@H](C)O1. The van der Waals surface area contributed by atoms with Gasteiger partial charge in [-0.05, 0) is 50.6 Å². The molecule has 1 amide bonds. The predicted molar refractivity (Wildman–Crippen MR) is 103 cm³/mol. The fourth-order valence-corrected chi connectivity index (χ4v) is 3.28. The number of pyridine rings is 1. The van der Waals surface area contributed by atoms with Crippen LogP contribution in [0.25, 0.3) is 0 Å². The fraction of sp³-hybridized carbons (Fsp3) is 0.381. The molecule has 0 spiro atoms. The zero-order valence-corrected chi connectivity index (χ0v) is 15.8. The highest BCUT2D eigenvalue weighted by Crippen LogP contribution is 2.19. The normalized spacial score (nSPS) is 20.6. The van der Waals surface area contributed by atoms with E-state index in [1.165, 1.54) is 0 Å². The second-order valence-corrected chi connectivity index (χ2v) is 7.00. The Balaban J connectivity index is 1.64. The van der Waals surface area contributed by atoms with Gasteiger partial charge in [-0.15, -0.1) is 0 Å². The summed E-state index contributed by atoms with van der Waals surface area (Å²) in [7, 11) is 0. The van der Waals surface area contributed by atoms with E-state index in [-0.39, 0.29) is 24.2 Å². The van der Waals surface area contributed by atoms with Gasteiger partial charge in [0.25, 0.3) is 5.91 Å². The van der Waals surface area contributed by atoms with E-state index in [0.717, 1.165) is 24.5 Å². The summed E-state index contributed by atoms with van der Waals surface area (Å²) in [6.45, 7) is 7.60. The molecule has 0 radical (unpaired) electrons. The second kappa shape index (κ2) is 8.19. The average Bonchev–Trinajstić information content (AvgIpc) is 2.67. The van der Waals surface area contributed by atoms with Gasteiger partial charge in [0.1, 0.15) is 5.82 Å². The molecule has 0 unspecified atom stereocenters. The van der Waals surface area contributed by atoms with Crippen LogP contribution in [0.3, 0.4) is 0 Å². The Labute approximate surface area is 159 Å².